The minimum absolute atomic E-state index is 0.0631. The Labute approximate surface area is 109 Å². The van der Waals surface area contributed by atoms with Crippen molar-refractivity contribution in [2.45, 2.75) is 6.42 Å². The number of amides is 1. The zero-order valence-corrected chi connectivity index (χ0v) is 10.0. The quantitative estimate of drug-likeness (QED) is 0.784. The molecule has 3 rings (SSSR count). The number of carbonyl (C=O) groups is 2. The van der Waals surface area contributed by atoms with Crippen molar-refractivity contribution in [2.75, 3.05) is 4.90 Å². The minimum atomic E-state index is -1.09. The van der Waals surface area contributed by atoms with Crippen molar-refractivity contribution >= 4 is 23.3 Å². The van der Waals surface area contributed by atoms with Crippen LogP contribution in [0.1, 0.15) is 15.9 Å². The molecule has 0 unspecified atom stereocenters. The molecule has 0 bridgehead atoms. The number of rotatable bonds is 0. The molecule has 0 saturated carbocycles. The number of carbonyl (C=O) groups excluding carboxylic acids is 1. The van der Waals surface area contributed by atoms with Crippen LogP contribution in [0.3, 0.4) is 0 Å². The zero-order chi connectivity index (χ0) is 13.4. The Morgan fingerprint density at radius 2 is 1.63 bits per heavy atom. The van der Waals surface area contributed by atoms with E-state index in [9.17, 15) is 14.7 Å². The number of carboxylic acid groups (broad SMARTS) is 1. The normalized spacial score (nSPS) is 13.5. The predicted molar refractivity (Wildman–Crippen MR) is 71.1 cm³/mol. The molecular formula is C15H11NO3. The second kappa shape index (κ2) is 4.24. The van der Waals surface area contributed by atoms with E-state index in [1.807, 2.05) is 6.07 Å². The zero-order valence-electron chi connectivity index (χ0n) is 10.0. The smallest absolute Gasteiger partial charge is 0.416 e. The second-order valence-electron chi connectivity index (χ2n) is 4.36. The lowest BCUT2D eigenvalue weighted by Gasteiger charge is -2.20. The first kappa shape index (κ1) is 11.5. The maximum Gasteiger partial charge on any atom is 0.416 e. The largest absolute Gasteiger partial charge is 0.464 e. The summed E-state index contributed by atoms with van der Waals surface area (Å²) >= 11 is 0. The highest BCUT2D eigenvalue weighted by molar-refractivity contribution is 6.10. The summed E-state index contributed by atoms with van der Waals surface area (Å²) in [6.45, 7) is 0. The van der Waals surface area contributed by atoms with Gasteiger partial charge in [0.05, 0.1) is 11.4 Å². The Morgan fingerprint density at radius 1 is 1.00 bits per heavy atom. The Kier molecular flexibility index (Phi) is 2.56. The maximum absolute atomic E-state index is 12.2. The minimum Gasteiger partial charge on any atom is -0.464 e. The lowest BCUT2D eigenvalue weighted by atomic mass is 10.0. The van der Waals surface area contributed by atoms with E-state index >= 15 is 0 Å². The van der Waals surface area contributed by atoms with E-state index < -0.39 is 6.09 Å². The SMILES string of the molecule is O=C1Cc2ccccc2N(C(=O)O)c2ccccc21. The van der Waals surface area contributed by atoms with Crippen LogP contribution in [0.25, 0.3) is 0 Å². The molecule has 1 aliphatic heterocycles. The van der Waals surface area contributed by atoms with Crippen LogP contribution in [0.5, 0.6) is 0 Å². The molecule has 2 aromatic rings. The average Bonchev–Trinajstić information content (AvgIpc) is 2.53. The monoisotopic (exact) mass is 253 g/mol. The van der Waals surface area contributed by atoms with Crippen molar-refractivity contribution < 1.29 is 14.7 Å². The van der Waals surface area contributed by atoms with Crippen LogP contribution in [-0.2, 0) is 6.42 Å². The standard InChI is InChI=1S/C15H11NO3/c17-14-9-10-5-1-3-7-12(10)16(15(18)19)13-8-4-2-6-11(13)14/h1-8H,9H2,(H,18,19). The van der Waals surface area contributed by atoms with Crippen LogP contribution in [0.15, 0.2) is 48.5 Å². The average molecular weight is 253 g/mol. The van der Waals surface area contributed by atoms with E-state index in [1.54, 1.807) is 42.5 Å². The van der Waals surface area contributed by atoms with Gasteiger partial charge in [0.1, 0.15) is 0 Å². The molecular weight excluding hydrogens is 242 g/mol. The highest BCUT2D eigenvalue weighted by atomic mass is 16.4. The van der Waals surface area contributed by atoms with Gasteiger partial charge in [-0.2, -0.15) is 0 Å². The first-order valence-electron chi connectivity index (χ1n) is 5.91. The van der Waals surface area contributed by atoms with E-state index in [4.69, 9.17) is 0 Å². The van der Waals surface area contributed by atoms with Crippen molar-refractivity contribution in [3.63, 3.8) is 0 Å². The molecule has 0 saturated heterocycles. The first-order chi connectivity index (χ1) is 9.18. The molecule has 0 spiro atoms. The molecule has 1 N–H and O–H groups in total. The molecule has 0 radical (unpaired) electrons. The molecule has 0 atom stereocenters. The third kappa shape index (κ3) is 1.78. The molecule has 19 heavy (non-hydrogen) atoms. The van der Waals surface area contributed by atoms with Gasteiger partial charge in [0.2, 0.25) is 0 Å². The van der Waals surface area contributed by atoms with Crippen LogP contribution in [0.4, 0.5) is 16.2 Å². The van der Waals surface area contributed by atoms with Gasteiger partial charge in [0, 0.05) is 12.0 Å². The molecule has 94 valence electrons. The van der Waals surface area contributed by atoms with Crippen LogP contribution in [0, 0.1) is 0 Å². The van der Waals surface area contributed by atoms with Gasteiger partial charge < -0.3 is 5.11 Å². The number of fused-ring (bicyclic) bond motifs is 2. The summed E-state index contributed by atoms with van der Waals surface area (Å²) in [4.78, 5) is 24.9. The molecule has 4 nitrogen and oxygen atoms in total. The molecule has 1 aliphatic rings. The molecule has 0 aromatic heterocycles. The summed E-state index contributed by atoms with van der Waals surface area (Å²) in [5, 5.41) is 9.46. The number of hydrogen-bond acceptors (Lipinski definition) is 2. The second-order valence-corrected chi connectivity index (χ2v) is 4.36. The fourth-order valence-electron chi connectivity index (χ4n) is 2.39. The molecule has 1 heterocycles. The molecule has 0 fully saturated rings. The maximum atomic E-state index is 12.2. The first-order valence-corrected chi connectivity index (χ1v) is 5.91. The fraction of sp³-hybridized carbons (Fsp3) is 0.0667. The van der Waals surface area contributed by atoms with E-state index in [2.05, 4.69) is 0 Å². The van der Waals surface area contributed by atoms with Gasteiger partial charge in [-0.25, -0.2) is 9.69 Å². The van der Waals surface area contributed by atoms with Gasteiger partial charge in [-0.05, 0) is 23.8 Å². The van der Waals surface area contributed by atoms with Gasteiger partial charge in [-0.15, -0.1) is 0 Å². The third-order valence-electron chi connectivity index (χ3n) is 3.22. The summed E-state index contributed by atoms with van der Waals surface area (Å²) in [5.74, 6) is -0.0631. The lowest BCUT2D eigenvalue weighted by molar-refractivity contribution is 0.0994. The number of ketones is 1. The Hall–Kier alpha value is -2.62. The Bertz CT molecular complexity index is 679. The predicted octanol–water partition coefficient (Wildman–Crippen LogP) is 3.24. The highest BCUT2D eigenvalue weighted by Crippen LogP contribution is 2.35. The summed E-state index contributed by atoms with van der Waals surface area (Å²) in [7, 11) is 0. The van der Waals surface area contributed by atoms with Crippen molar-refractivity contribution in [3.8, 4) is 0 Å². The van der Waals surface area contributed by atoms with Crippen LogP contribution < -0.4 is 4.90 Å². The van der Waals surface area contributed by atoms with Crippen molar-refractivity contribution in [1.82, 2.24) is 0 Å². The van der Waals surface area contributed by atoms with E-state index in [-0.39, 0.29) is 12.2 Å². The molecule has 2 aromatic carbocycles. The topological polar surface area (TPSA) is 57.6 Å². The lowest BCUT2D eigenvalue weighted by Crippen LogP contribution is -2.24. The van der Waals surface area contributed by atoms with E-state index in [1.165, 1.54) is 4.90 Å². The van der Waals surface area contributed by atoms with Gasteiger partial charge in [-0.3, -0.25) is 4.79 Å². The van der Waals surface area contributed by atoms with Crippen molar-refractivity contribution in [3.05, 3.63) is 59.7 Å². The van der Waals surface area contributed by atoms with Crippen molar-refractivity contribution in [2.24, 2.45) is 0 Å². The highest BCUT2D eigenvalue weighted by Gasteiger charge is 2.28. The molecule has 0 aliphatic carbocycles. The summed E-state index contributed by atoms with van der Waals surface area (Å²) in [6, 6.07) is 13.9. The van der Waals surface area contributed by atoms with Crippen LogP contribution in [0.2, 0.25) is 0 Å². The summed E-state index contributed by atoms with van der Waals surface area (Å²) in [6.07, 6.45) is -0.869. The number of Topliss-reactive ketones (excluding diaryl/α,β-unsaturated/α-hetero) is 1. The number of benzene rings is 2. The Balaban J connectivity index is 2.32. The number of anilines is 2. The van der Waals surface area contributed by atoms with Crippen molar-refractivity contribution in [1.29, 1.82) is 0 Å². The third-order valence-corrected chi connectivity index (χ3v) is 3.22. The fourth-order valence-corrected chi connectivity index (χ4v) is 2.39. The number of nitrogens with zero attached hydrogens (tertiary/aromatic N) is 1. The van der Waals surface area contributed by atoms with Gasteiger partial charge >= 0.3 is 6.09 Å². The van der Waals surface area contributed by atoms with E-state index in [0.29, 0.717) is 16.9 Å². The summed E-state index contributed by atoms with van der Waals surface area (Å²) in [5.41, 5.74) is 2.14. The van der Waals surface area contributed by atoms with E-state index in [0.717, 1.165) is 5.56 Å². The van der Waals surface area contributed by atoms with Gasteiger partial charge in [0.25, 0.3) is 0 Å². The van der Waals surface area contributed by atoms with Crippen LogP contribution >= 0.6 is 0 Å². The number of para-hydroxylation sites is 2. The number of hydrogen-bond donors (Lipinski definition) is 1. The van der Waals surface area contributed by atoms with Gasteiger partial charge in [-0.1, -0.05) is 30.3 Å². The summed E-state index contributed by atoms with van der Waals surface area (Å²) < 4.78 is 0. The Morgan fingerprint density at radius 3 is 2.37 bits per heavy atom. The van der Waals surface area contributed by atoms with Crippen LogP contribution in [-0.4, -0.2) is 17.0 Å². The molecule has 1 amide bonds. The van der Waals surface area contributed by atoms with Gasteiger partial charge in [0.15, 0.2) is 5.78 Å². The molecule has 4 heteroatoms.